The lowest BCUT2D eigenvalue weighted by Gasteiger charge is -2.19. The van der Waals surface area contributed by atoms with Gasteiger partial charge in [0, 0.05) is 6.54 Å². The first-order chi connectivity index (χ1) is 12.6. The van der Waals surface area contributed by atoms with Crippen LogP contribution >= 0.6 is 0 Å². The highest BCUT2D eigenvalue weighted by Crippen LogP contribution is 2.21. The zero-order valence-electron chi connectivity index (χ0n) is 15.6. The molecule has 0 spiro atoms. The van der Waals surface area contributed by atoms with Crippen LogP contribution in [0.2, 0.25) is 0 Å². The lowest BCUT2D eigenvalue weighted by molar-refractivity contribution is -0.128. The Kier molecular flexibility index (Phi) is 5.57. The first-order valence-electron chi connectivity index (χ1n) is 9.06. The summed E-state index contributed by atoms with van der Waals surface area (Å²) in [7, 11) is 0. The molecule has 3 aromatic carbocycles. The third kappa shape index (κ3) is 4.23. The Bertz CT molecular complexity index is 917. The Morgan fingerprint density at radius 1 is 1.00 bits per heavy atom. The zero-order valence-corrected chi connectivity index (χ0v) is 15.6. The van der Waals surface area contributed by atoms with Crippen molar-refractivity contribution in [3.63, 3.8) is 0 Å². The van der Waals surface area contributed by atoms with Crippen molar-refractivity contribution in [2.24, 2.45) is 0 Å². The minimum absolute atomic E-state index is 0.0827. The number of carbonyl (C=O) groups is 1. The second-order valence-electron chi connectivity index (χ2n) is 6.68. The van der Waals surface area contributed by atoms with E-state index in [0.29, 0.717) is 13.0 Å². The second kappa shape index (κ2) is 8.05. The number of nitrogens with one attached hydrogen (secondary N) is 1. The van der Waals surface area contributed by atoms with Gasteiger partial charge in [0.05, 0.1) is 0 Å². The molecule has 0 unspecified atom stereocenters. The SMILES string of the molecule is CC[C@@H](Oc1ccc(C)cc1C)C(=O)NCc1ccc2ccccc2c1. The molecule has 0 saturated carbocycles. The highest BCUT2D eigenvalue weighted by atomic mass is 16.5. The van der Waals surface area contributed by atoms with E-state index in [-0.39, 0.29) is 5.91 Å². The summed E-state index contributed by atoms with van der Waals surface area (Å²) in [5.41, 5.74) is 3.31. The summed E-state index contributed by atoms with van der Waals surface area (Å²) in [5, 5.41) is 5.38. The fourth-order valence-electron chi connectivity index (χ4n) is 3.06. The van der Waals surface area contributed by atoms with E-state index in [9.17, 15) is 4.79 Å². The van der Waals surface area contributed by atoms with Gasteiger partial charge < -0.3 is 10.1 Å². The Hall–Kier alpha value is -2.81. The molecule has 0 aromatic heterocycles. The van der Waals surface area contributed by atoms with Gasteiger partial charge in [0.1, 0.15) is 5.75 Å². The number of aryl methyl sites for hydroxylation is 2. The highest BCUT2D eigenvalue weighted by Gasteiger charge is 2.18. The highest BCUT2D eigenvalue weighted by molar-refractivity contribution is 5.84. The first kappa shape index (κ1) is 18.0. The number of amides is 1. The zero-order chi connectivity index (χ0) is 18.5. The van der Waals surface area contributed by atoms with E-state index in [2.05, 4.69) is 41.7 Å². The van der Waals surface area contributed by atoms with E-state index in [1.165, 1.54) is 16.3 Å². The van der Waals surface area contributed by atoms with Crippen molar-refractivity contribution in [3.05, 3.63) is 77.4 Å². The molecule has 0 bridgehead atoms. The average Bonchev–Trinajstić information content (AvgIpc) is 2.65. The molecule has 0 heterocycles. The van der Waals surface area contributed by atoms with Crippen LogP contribution in [-0.2, 0) is 11.3 Å². The van der Waals surface area contributed by atoms with Crippen molar-refractivity contribution in [2.45, 2.75) is 39.8 Å². The molecule has 3 aromatic rings. The standard InChI is InChI=1S/C23H25NO2/c1-4-21(26-22-12-9-16(2)13-17(22)3)23(25)24-15-18-10-11-19-7-5-6-8-20(19)14-18/h5-14,21H,4,15H2,1-3H3,(H,24,25)/t21-/m1/s1. The van der Waals surface area contributed by atoms with E-state index in [0.717, 1.165) is 16.9 Å². The molecule has 1 atom stereocenters. The molecular weight excluding hydrogens is 322 g/mol. The fraction of sp³-hybridized carbons (Fsp3) is 0.261. The van der Waals surface area contributed by atoms with Crippen LogP contribution in [0, 0.1) is 13.8 Å². The third-order valence-corrected chi connectivity index (χ3v) is 4.54. The minimum atomic E-state index is -0.489. The lowest BCUT2D eigenvalue weighted by atomic mass is 10.1. The molecule has 3 rings (SSSR count). The van der Waals surface area contributed by atoms with Gasteiger partial charge in [-0.2, -0.15) is 0 Å². The van der Waals surface area contributed by atoms with Crippen LogP contribution in [0.25, 0.3) is 10.8 Å². The summed E-state index contributed by atoms with van der Waals surface area (Å²) in [6.07, 6.45) is 0.133. The van der Waals surface area contributed by atoms with E-state index in [1.54, 1.807) is 0 Å². The lowest BCUT2D eigenvalue weighted by Crippen LogP contribution is -2.37. The van der Waals surface area contributed by atoms with Gasteiger partial charge in [-0.3, -0.25) is 4.79 Å². The van der Waals surface area contributed by atoms with Crippen LogP contribution in [0.15, 0.2) is 60.7 Å². The topological polar surface area (TPSA) is 38.3 Å². The molecule has 0 aliphatic rings. The molecule has 3 nitrogen and oxygen atoms in total. The van der Waals surface area contributed by atoms with Gasteiger partial charge in [-0.15, -0.1) is 0 Å². The molecule has 26 heavy (non-hydrogen) atoms. The van der Waals surface area contributed by atoms with Crippen molar-refractivity contribution in [2.75, 3.05) is 0 Å². The van der Waals surface area contributed by atoms with Crippen molar-refractivity contribution in [3.8, 4) is 5.75 Å². The summed E-state index contributed by atoms with van der Waals surface area (Å²) < 4.78 is 5.96. The molecule has 0 aliphatic heterocycles. The predicted octanol–water partition coefficient (Wildman–Crippen LogP) is 4.93. The molecule has 0 saturated heterocycles. The average molecular weight is 347 g/mol. The number of hydrogen-bond donors (Lipinski definition) is 1. The monoisotopic (exact) mass is 347 g/mol. The summed E-state index contributed by atoms with van der Waals surface area (Å²) in [6.45, 7) is 6.51. The van der Waals surface area contributed by atoms with E-state index >= 15 is 0 Å². The van der Waals surface area contributed by atoms with E-state index in [1.807, 2.05) is 45.0 Å². The van der Waals surface area contributed by atoms with Crippen LogP contribution < -0.4 is 10.1 Å². The molecule has 1 N–H and O–H groups in total. The Labute approximate surface area is 155 Å². The molecule has 1 amide bonds. The predicted molar refractivity (Wildman–Crippen MR) is 106 cm³/mol. The normalized spacial score (nSPS) is 12.0. The van der Waals surface area contributed by atoms with Crippen molar-refractivity contribution in [1.29, 1.82) is 0 Å². The summed E-state index contributed by atoms with van der Waals surface area (Å²) in [5.74, 6) is 0.684. The second-order valence-corrected chi connectivity index (χ2v) is 6.68. The third-order valence-electron chi connectivity index (χ3n) is 4.54. The molecule has 3 heteroatoms. The van der Waals surface area contributed by atoms with Gasteiger partial charge in [-0.1, -0.05) is 61.0 Å². The minimum Gasteiger partial charge on any atom is -0.480 e. The molecule has 0 radical (unpaired) electrons. The maximum atomic E-state index is 12.6. The van der Waals surface area contributed by atoms with E-state index < -0.39 is 6.10 Å². The van der Waals surface area contributed by atoms with Crippen molar-refractivity contribution in [1.82, 2.24) is 5.32 Å². The Balaban J connectivity index is 1.64. The number of ether oxygens (including phenoxy) is 1. The van der Waals surface area contributed by atoms with Gasteiger partial charge in [0.15, 0.2) is 6.10 Å². The fourth-order valence-corrected chi connectivity index (χ4v) is 3.06. The Morgan fingerprint density at radius 3 is 2.50 bits per heavy atom. The van der Waals surface area contributed by atoms with Crippen LogP contribution in [-0.4, -0.2) is 12.0 Å². The summed E-state index contributed by atoms with van der Waals surface area (Å²) in [4.78, 5) is 12.6. The van der Waals surface area contributed by atoms with Crippen LogP contribution in [0.1, 0.15) is 30.0 Å². The van der Waals surface area contributed by atoms with Gasteiger partial charge >= 0.3 is 0 Å². The van der Waals surface area contributed by atoms with Crippen LogP contribution in [0.3, 0.4) is 0 Å². The first-order valence-corrected chi connectivity index (χ1v) is 9.06. The molecule has 134 valence electrons. The smallest absolute Gasteiger partial charge is 0.261 e. The van der Waals surface area contributed by atoms with Gasteiger partial charge in [-0.05, 0) is 54.3 Å². The maximum absolute atomic E-state index is 12.6. The number of rotatable bonds is 6. The number of benzene rings is 3. The van der Waals surface area contributed by atoms with E-state index in [4.69, 9.17) is 4.74 Å². The molecule has 0 fully saturated rings. The van der Waals surface area contributed by atoms with Crippen molar-refractivity contribution < 1.29 is 9.53 Å². The summed E-state index contributed by atoms with van der Waals surface area (Å²) in [6, 6.07) is 20.5. The maximum Gasteiger partial charge on any atom is 0.261 e. The number of hydrogen-bond acceptors (Lipinski definition) is 2. The van der Waals surface area contributed by atoms with Gasteiger partial charge in [0.2, 0.25) is 0 Å². The largest absolute Gasteiger partial charge is 0.480 e. The van der Waals surface area contributed by atoms with Crippen LogP contribution in [0.5, 0.6) is 5.75 Å². The summed E-state index contributed by atoms with van der Waals surface area (Å²) >= 11 is 0. The molecule has 0 aliphatic carbocycles. The van der Waals surface area contributed by atoms with Gasteiger partial charge in [-0.25, -0.2) is 0 Å². The quantitative estimate of drug-likeness (QED) is 0.686. The van der Waals surface area contributed by atoms with Crippen molar-refractivity contribution >= 4 is 16.7 Å². The number of fused-ring (bicyclic) bond motifs is 1. The Morgan fingerprint density at radius 2 is 1.77 bits per heavy atom. The number of carbonyl (C=O) groups excluding carboxylic acids is 1. The van der Waals surface area contributed by atoms with Gasteiger partial charge in [0.25, 0.3) is 5.91 Å². The molecular formula is C23H25NO2. The van der Waals surface area contributed by atoms with Crippen LogP contribution in [0.4, 0.5) is 0 Å².